The molecule has 2 aliphatic rings. The molecular formula is C21H25N3O3S. The van der Waals surface area contributed by atoms with Gasteiger partial charge in [0.05, 0.1) is 23.4 Å². The van der Waals surface area contributed by atoms with Gasteiger partial charge in [0.2, 0.25) is 0 Å². The minimum atomic E-state index is -2.94. The highest BCUT2D eigenvalue weighted by molar-refractivity contribution is 7.91. The first-order valence-corrected chi connectivity index (χ1v) is 11.6. The van der Waals surface area contributed by atoms with Crippen molar-refractivity contribution in [3.63, 3.8) is 0 Å². The first-order chi connectivity index (χ1) is 13.5. The van der Waals surface area contributed by atoms with Crippen molar-refractivity contribution >= 4 is 21.4 Å². The predicted octanol–water partition coefficient (Wildman–Crippen LogP) is 2.29. The third-order valence-electron chi connectivity index (χ3n) is 5.71. The van der Waals surface area contributed by atoms with Crippen LogP contribution in [-0.4, -0.2) is 54.8 Å². The molecule has 1 aromatic heterocycles. The van der Waals surface area contributed by atoms with E-state index in [1.54, 1.807) is 12.3 Å². The number of hydrogen-bond donors (Lipinski definition) is 0. The molecule has 0 bridgehead atoms. The number of anilines is 1. The number of carbonyl (C=O) groups is 1. The van der Waals surface area contributed by atoms with Crippen molar-refractivity contribution < 1.29 is 13.2 Å². The lowest BCUT2D eigenvalue weighted by Crippen LogP contribution is -2.37. The number of pyridine rings is 1. The second-order valence-corrected chi connectivity index (χ2v) is 9.72. The summed E-state index contributed by atoms with van der Waals surface area (Å²) in [4.78, 5) is 21.2. The molecule has 1 amide bonds. The van der Waals surface area contributed by atoms with Crippen molar-refractivity contribution in [1.82, 2.24) is 9.88 Å². The molecule has 0 radical (unpaired) electrons. The van der Waals surface area contributed by atoms with Crippen molar-refractivity contribution in [3.8, 4) is 0 Å². The number of nitrogens with zero attached hydrogens (tertiary/aromatic N) is 3. The molecule has 1 fully saturated rings. The second kappa shape index (κ2) is 7.54. The molecule has 6 nitrogen and oxygen atoms in total. The normalized spacial score (nSPS) is 20.6. The summed E-state index contributed by atoms with van der Waals surface area (Å²) in [5.74, 6) is 0.371. The fourth-order valence-corrected chi connectivity index (χ4v) is 5.92. The number of amides is 1. The average Bonchev–Trinajstić information content (AvgIpc) is 3.07. The van der Waals surface area contributed by atoms with E-state index in [4.69, 9.17) is 0 Å². The van der Waals surface area contributed by atoms with Gasteiger partial charge in [0.15, 0.2) is 9.84 Å². The number of sulfone groups is 1. The molecule has 1 aromatic carbocycles. The van der Waals surface area contributed by atoms with Crippen LogP contribution < -0.4 is 4.90 Å². The smallest absolute Gasteiger partial charge is 0.272 e. The van der Waals surface area contributed by atoms with E-state index in [1.165, 1.54) is 11.1 Å². The van der Waals surface area contributed by atoms with E-state index in [9.17, 15) is 13.2 Å². The maximum atomic E-state index is 12.9. The van der Waals surface area contributed by atoms with E-state index in [0.717, 1.165) is 12.1 Å². The summed E-state index contributed by atoms with van der Waals surface area (Å²) >= 11 is 0. The maximum absolute atomic E-state index is 12.9. The van der Waals surface area contributed by atoms with E-state index in [1.807, 2.05) is 30.0 Å². The van der Waals surface area contributed by atoms with E-state index in [-0.39, 0.29) is 23.5 Å². The van der Waals surface area contributed by atoms with E-state index in [2.05, 4.69) is 22.0 Å². The number of fused-ring (bicyclic) bond motifs is 1. The summed E-state index contributed by atoms with van der Waals surface area (Å²) in [7, 11) is -2.94. The van der Waals surface area contributed by atoms with Gasteiger partial charge in [-0.15, -0.1) is 0 Å². The maximum Gasteiger partial charge on any atom is 0.272 e. The van der Waals surface area contributed by atoms with Crippen molar-refractivity contribution in [3.05, 3.63) is 59.4 Å². The van der Waals surface area contributed by atoms with Crippen LogP contribution in [0.2, 0.25) is 0 Å². The molecule has 1 unspecified atom stereocenters. The van der Waals surface area contributed by atoms with E-state index < -0.39 is 9.84 Å². The number of rotatable bonds is 4. The van der Waals surface area contributed by atoms with Crippen molar-refractivity contribution in [2.45, 2.75) is 32.4 Å². The van der Waals surface area contributed by atoms with Gasteiger partial charge < -0.3 is 9.80 Å². The molecule has 0 aliphatic carbocycles. The van der Waals surface area contributed by atoms with Crippen LogP contribution in [0, 0.1) is 0 Å². The Hall–Kier alpha value is -2.41. The molecule has 1 saturated heterocycles. The molecule has 4 rings (SSSR count). The lowest BCUT2D eigenvalue weighted by molar-refractivity contribution is 0.0729. The molecular weight excluding hydrogens is 374 g/mol. The highest BCUT2D eigenvalue weighted by atomic mass is 32.2. The number of hydrogen-bond acceptors (Lipinski definition) is 5. The molecule has 3 heterocycles. The van der Waals surface area contributed by atoms with Crippen molar-refractivity contribution in [1.29, 1.82) is 0 Å². The Morgan fingerprint density at radius 2 is 2.00 bits per heavy atom. The van der Waals surface area contributed by atoms with E-state index >= 15 is 0 Å². The van der Waals surface area contributed by atoms with Gasteiger partial charge in [-0.25, -0.2) is 13.4 Å². The molecule has 0 N–H and O–H groups in total. The van der Waals surface area contributed by atoms with Gasteiger partial charge in [-0.2, -0.15) is 0 Å². The fraction of sp³-hybridized carbons (Fsp3) is 0.429. The highest BCUT2D eigenvalue weighted by Gasteiger charge is 2.32. The van der Waals surface area contributed by atoms with Gasteiger partial charge in [0.25, 0.3) is 5.91 Å². The first-order valence-electron chi connectivity index (χ1n) is 9.76. The molecule has 2 aliphatic heterocycles. The number of benzene rings is 1. The van der Waals surface area contributed by atoms with Gasteiger partial charge in [0, 0.05) is 25.7 Å². The minimum absolute atomic E-state index is 0.0167. The molecule has 0 saturated carbocycles. The lowest BCUT2D eigenvalue weighted by atomic mass is 10.00. The molecule has 28 heavy (non-hydrogen) atoms. The number of carbonyl (C=O) groups excluding carboxylic acids is 1. The molecule has 148 valence electrons. The molecule has 7 heteroatoms. The molecule has 0 spiro atoms. The first kappa shape index (κ1) is 18.9. The van der Waals surface area contributed by atoms with Crippen LogP contribution >= 0.6 is 0 Å². The number of aromatic nitrogens is 1. The lowest BCUT2D eigenvalue weighted by Gasteiger charge is -2.30. The largest absolute Gasteiger partial charge is 0.367 e. The monoisotopic (exact) mass is 399 g/mol. The Balaban J connectivity index is 1.48. The van der Waals surface area contributed by atoms with Crippen LogP contribution in [0.4, 0.5) is 5.69 Å². The third kappa shape index (κ3) is 3.76. The van der Waals surface area contributed by atoms with Gasteiger partial charge in [-0.05, 0) is 43.0 Å². The second-order valence-electron chi connectivity index (χ2n) is 7.49. The van der Waals surface area contributed by atoms with Crippen LogP contribution in [0.15, 0.2) is 42.6 Å². The average molecular weight is 400 g/mol. The summed E-state index contributed by atoms with van der Waals surface area (Å²) in [6.45, 7) is 4.02. The van der Waals surface area contributed by atoms with E-state index in [0.29, 0.717) is 31.7 Å². The zero-order valence-corrected chi connectivity index (χ0v) is 16.9. The summed E-state index contributed by atoms with van der Waals surface area (Å²) in [6.07, 6.45) is 3.20. The van der Waals surface area contributed by atoms with Crippen LogP contribution in [-0.2, 0) is 22.8 Å². The molecule has 1 atom stereocenters. The predicted molar refractivity (Wildman–Crippen MR) is 109 cm³/mol. The Morgan fingerprint density at radius 1 is 1.21 bits per heavy atom. The van der Waals surface area contributed by atoms with Gasteiger partial charge >= 0.3 is 0 Å². The Bertz CT molecular complexity index is 973. The van der Waals surface area contributed by atoms with Gasteiger partial charge in [0.1, 0.15) is 5.69 Å². The quantitative estimate of drug-likeness (QED) is 0.789. The SMILES string of the molecule is CCN(c1ccc(C(=O)N2CCc3ccccc3C2)nc1)C1CCS(=O)(=O)C1. The Labute approximate surface area is 166 Å². The fourth-order valence-electron chi connectivity index (χ4n) is 4.19. The van der Waals surface area contributed by atoms with Crippen LogP contribution in [0.1, 0.15) is 35.0 Å². The molecule has 2 aromatic rings. The summed E-state index contributed by atoms with van der Waals surface area (Å²) < 4.78 is 23.6. The summed E-state index contributed by atoms with van der Waals surface area (Å²) in [5.41, 5.74) is 3.79. The third-order valence-corrected chi connectivity index (χ3v) is 7.46. The summed E-state index contributed by atoms with van der Waals surface area (Å²) in [5, 5.41) is 0. The minimum Gasteiger partial charge on any atom is -0.367 e. The zero-order valence-electron chi connectivity index (χ0n) is 16.0. The van der Waals surface area contributed by atoms with Crippen LogP contribution in [0.25, 0.3) is 0 Å². The van der Waals surface area contributed by atoms with Gasteiger partial charge in [-0.3, -0.25) is 4.79 Å². The zero-order chi connectivity index (χ0) is 19.7. The van der Waals surface area contributed by atoms with Gasteiger partial charge in [-0.1, -0.05) is 24.3 Å². The topological polar surface area (TPSA) is 70.6 Å². The standard InChI is InChI=1S/C21H25N3O3S/c1-2-24(19-10-12-28(26,27)15-19)18-7-8-20(22-13-18)21(25)23-11-9-16-5-3-4-6-17(16)14-23/h3-8,13,19H,2,9-12,14-15H2,1H3. The Kier molecular flexibility index (Phi) is 5.10. The highest BCUT2D eigenvalue weighted by Crippen LogP contribution is 2.25. The van der Waals surface area contributed by atoms with Crippen LogP contribution in [0.3, 0.4) is 0 Å². The summed E-state index contributed by atoms with van der Waals surface area (Å²) in [6, 6.07) is 11.8. The Morgan fingerprint density at radius 3 is 2.64 bits per heavy atom. The van der Waals surface area contributed by atoms with Crippen LogP contribution in [0.5, 0.6) is 0 Å². The van der Waals surface area contributed by atoms with Crippen molar-refractivity contribution in [2.75, 3.05) is 29.5 Å². The van der Waals surface area contributed by atoms with Crippen molar-refractivity contribution in [2.24, 2.45) is 0 Å².